The molecule has 1 fully saturated rings. The number of benzene rings is 1. The van der Waals surface area contributed by atoms with E-state index in [1.54, 1.807) is 0 Å². The van der Waals surface area contributed by atoms with E-state index < -0.39 is 0 Å². The van der Waals surface area contributed by atoms with Gasteiger partial charge in [0.05, 0.1) is 0 Å². The Bertz CT molecular complexity index is 354. The molecule has 1 saturated heterocycles. The van der Waals surface area contributed by atoms with Crippen LogP contribution in [0.2, 0.25) is 0 Å². The van der Waals surface area contributed by atoms with Gasteiger partial charge in [0.1, 0.15) is 5.71 Å². The number of nitrogens with zero attached hydrogens (tertiary/aromatic N) is 2. The fourth-order valence-corrected chi connectivity index (χ4v) is 2.32. The largest absolute Gasteiger partial charge is 0.411 e. The van der Waals surface area contributed by atoms with Gasteiger partial charge in [0, 0.05) is 12.1 Å². The van der Waals surface area contributed by atoms with Crippen LogP contribution in [-0.2, 0) is 0 Å². The summed E-state index contributed by atoms with van der Waals surface area (Å²) in [5.74, 6) is 0. The first-order valence-corrected chi connectivity index (χ1v) is 6.39. The maximum Gasteiger partial charge on any atom is 0.101 e. The Balaban J connectivity index is 2.00. The summed E-state index contributed by atoms with van der Waals surface area (Å²) in [6, 6.07) is 9.91. The van der Waals surface area contributed by atoms with E-state index in [1.807, 2.05) is 30.3 Å². The van der Waals surface area contributed by atoms with Crippen molar-refractivity contribution < 1.29 is 5.21 Å². The molecule has 0 atom stereocenters. The van der Waals surface area contributed by atoms with Gasteiger partial charge < -0.3 is 5.21 Å². The van der Waals surface area contributed by atoms with Crippen molar-refractivity contribution in [1.82, 2.24) is 4.90 Å². The van der Waals surface area contributed by atoms with Crippen molar-refractivity contribution in [2.45, 2.75) is 25.7 Å². The first-order chi connectivity index (χ1) is 8.40. The van der Waals surface area contributed by atoms with Crippen LogP contribution in [0.5, 0.6) is 0 Å². The molecule has 1 aliphatic rings. The molecule has 0 bridgehead atoms. The Hall–Kier alpha value is -1.35. The molecule has 92 valence electrons. The number of oxime groups is 1. The predicted molar refractivity (Wildman–Crippen MR) is 69.7 cm³/mol. The molecule has 0 unspecified atom stereocenters. The third kappa shape index (κ3) is 3.56. The van der Waals surface area contributed by atoms with E-state index >= 15 is 0 Å². The van der Waals surface area contributed by atoms with Crippen molar-refractivity contribution >= 4 is 5.71 Å². The van der Waals surface area contributed by atoms with Gasteiger partial charge in [-0.15, -0.1) is 0 Å². The Kier molecular flexibility index (Phi) is 4.56. The van der Waals surface area contributed by atoms with Crippen molar-refractivity contribution in [1.29, 1.82) is 0 Å². The zero-order chi connectivity index (χ0) is 11.9. The normalized spacial score (nSPS) is 18.9. The van der Waals surface area contributed by atoms with E-state index in [-0.39, 0.29) is 0 Å². The van der Waals surface area contributed by atoms with Crippen LogP contribution in [0, 0.1) is 0 Å². The summed E-state index contributed by atoms with van der Waals surface area (Å²) >= 11 is 0. The minimum absolute atomic E-state index is 0.751. The van der Waals surface area contributed by atoms with Crippen molar-refractivity contribution in [3.63, 3.8) is 0 Å². The van der Waals surface area contributed by atoms with Gasteiger partial charge >= 0.3 is 0 Å². The van der Waals surface area contributed by atoms with Crippen LogP contribution in [0.1, 0.15) is 31.2 Å². The molecule has 0 spiro atoms. The Morgan fingerprint density at radius 3 is 2.29 bits per heavy atom. The van der Waals surface area contributed by atoms with Crippen LogP contribution in [0.4, 0.5) is 0 Å². The highest BCUT2D eigenvalue weighted by Crippen LogP contribution is 2.11. The molecule has 1 N–H and O–H groups in total. The van der Waals surface area contributed by atoms with E-state index in [4.69, 9.17) is 5.21 Å². The van der Waals surface area contributed by atoms with E-state index in [0.717, 1.165) is 30.9 Å². The predicted octanol–water partition coefficient (Wildman–Crippen LogP) is 2.74. The van der Waals surface area contributed by atoms with Gasteiger partial charge in [0.15, 0.2) is 0 Å². The molecule has 1 aromatic rings. The highest BCUT2D eigenvalue weighted by Gasteiger charge is 2.13. The Labute approximate surface area is 103 Å². The topological polar surface area (TPSA) is 35.8 Å². The van der Waals surface area contributed by atoms with Crippen molar-refractivity contribution in [3.8, 4) is 0 Å². The average molecular weight is 232 g/mol. The first kappa shape index (κ1) is 12.1. The summed E-state index contributed by atoms with van der Waals surface area (Å²) in [7, 11) is 0. The summed E-state index contributed by atoms with van der Waals surface area (Å²) in [6.07, 6.45) is 5.17. The lowest BCUT2D eigenvalue weighted by atomic mass is 10.1. The van der Waals surface area contributed by atoms with Crippen LogP contribution in [0.3, 0.4) is 0 Å². The standard InChI is InChI=1S/C14H20N2O/c17-15-14(13-8-4-3-5-9-13)12-16-10-6-1-2-7-11-16/h3-5,8-9,17H,1-2,6-7,10-12H2/b15-14-. The van der Waals surface area contributed by atoms with Gasteiger partial charge in [0.2, 0.25) is 0 Å². The van der Waals surface area contributed by atoms with E-state index in [1.165, 1.54) is 25.7 Å². The SMILES string of the molecule is O/N=C(/CN1CCCCCC1)c1ccccc1. The molecule has 0 aromatic heterocycles. The molecule has 1 aliphatic heterocycles. The maximum atomic E-state index is 9.14. The minimum Gasteiger partial charge on any atom is -0.411 e. The van der Waals surface area contributed by atoms with Gasteiger partial charge in [-0.1, -0.05) is 48.3 Å². The second-order valence-electron chi connectivity index (χ2n) is 4.60. The molecule has 0 aliphatic carbocycles. The van der Waals surface area contributed by atoms with Gasteiger partial charge in [-0.2, -0.15) is 0 Å². The molecule has 0 amide bonds. The van der Waals surface area contributed by atoms with Crippen LogP contribution in [0.25, 0.3) is 0 Å². The molecule has 1 aromatic carbocycles. The van der Waals surface area contributed by atoms with Gasteiger partial charge in [-0.05, 0) is 25.9 Å². The van der Waals surface area contributed by atoms with Crippen molar-refractivity contribution in [2.24, 2.45) is 5.16 Å². The lowest BCUT2D eigenvalue weighted by molar-refractivity contribution is 0.299. The first-order valence-electron chi connectivity index (χ1n) is 6.39. The fourth-order valence-electron chi connectivity index (χ4n) is 2.32. The van der Waals surface area contributed by atoms with Gasteiger partial charge in [-0.3, -0.25) is 4.90 Å². The van der Waals surface area contributed by atoms with E-state index in [9.17, 15) is 0 Å². The quantitative estimate of drug-likeness (QED) is 0.494. The minimum atomic E-state index is 0.751. The molecular weight excluding hydrogens is 212 g/mol. The molecule has 1 heterocycles. The summed E-state index contributed by atoms with van der Waals surface area (Å²) in [4.78, 5) is 2.38. The molecule has 0 radical (unpaired) electrons. The maximum absolute atomic E-state index is 9.14. The summed E-state index contributed by atoms with van der Waals surface area (Å²) in [5.41, 5.74) is 1.78. The van der Waals surface area contributed by atoms with Crippen LogP contribution in [0.15, 0.2) is 35.5 Å². The number of hydrogen-bond acceptors (Lipinski definition) is 3. The highest BCUT2D eigenvalue weighted by molar-refractivity contribution is 6.01. The van der Waals surface area contributed by atoms with E-state index in [0.29, 0.717) is 0 Å². The summed E-state index contributed by atoms with van der Waals surface area (Å²) < 4.78 is 0. The van der Waals surface area contributed by atoms with Gasteiger partial charge in [-0.25, -0.2) is 0 Å². The fraction of sp³-hybridized carbons (Fsp3) is 0.500. The second kappa shape index (κ2) is 6.40. The van der Waals surface area contributed by atoms with Crippen LogP contribution in [-0.4, -0.2) is 35.5 Å². The molecule has 2 rings (SSSR count). The third-order valence-corrected chi connectivity index (χ3v) is 3.30. The third-order valence-electron chi connectivity index (χ3n) is 3.30. The molecular formula is C14H20N2O. The molecule has 0 saturated carbocycles. The van der Waals surface area contributed by atoms with Crippen LogP contribution >= 0.6 is 0 Å². The Morgan fingerprint density at radius 1 is 1.06 bits per heavy atom. The monoisotopic (exact) mass is 232 g/mol. The lowest BCUT2D eigenvalue weighted by Gasteiger charge is -2.20. The summed E-state index contributed by atoms with van der Waals surface area (Å²) in [6.45, 7) is 2.98. The Morgan fingerprint density at radius 2 is 1.71 bits per heavy atom. The lowest BCUT2D eigenvalue weighted by Crippen LogP contribution is -2.31. The number of likely N-dealkylation sites (tertiary alicyclic amines) is 1. The van der Waals surface area contributed by atoms with Crippen molar-refractivity contribution in [3.05, 3.63) is 35.9 Å². The molecule has 3 heteroatoms. The molecule has 3 nitrogen and oxygen atoms in total. The zero-order valence-corrected chi connectivity index (χ0v) is 10.2. The van der Waals surface area contributed by atoms with Crippen LogP contribution < -0.4 is 0 Å². The number of hydrogen-bond donors (Lipinski definition) is 1. The van der Waals surface area contributed by atoms with Crippen molar-refractivity contribution in [2.75, 3.05) is 19.6 Å². The molecule has 17 heavy (non-hydrogen) atoms. The van der Waals surface area contributed by atoms with E-state index in [2.05, 4.69) is 10.1 Å². The zero-order valence-electron chi connectivity index (χ0n) is 10.2. The van der Waals surface area contributed by atoms with Gasteiger partial charge in [0.25, 0.3) is 0 Å². The smallest absolute Gasteiger partial charge is 0.101 e. The summed E-state index contributed by atoms with van der Waals surface area (Å²) in [5, 5.41) is 12.6. The second-order valence-corrected chi connectivity index (χ2v) is 4.60. The highest BCUT2D eigenvalue weighted by atomic mass is 16.4. The average Bonchev–Trinajstić information content (AvgIpc) is 2.65. The number of rotatable bonds is 3.